The first kappa shape index (κ1) is 10.2. The van der Waals surface area contributed by atoms with E-state index in [9.17, 15) is 5.11 Å². The van der Waals surface area contributed by atoms with Crippen LogP contribution in [0.15, 0.2) is 11.6 Å². The van der Waals surface area contributed by atoms with Crippen LogP contribution in [0.25, 0.3) is 0 Å². The molecule has 1 saturated carbocycles. The van der Waals surface area contributed by atoms with Gasteiger partial charge in [0.2, 0.25) is 0 Å². The first-order valence-corrected chi connectivity index (χ1v) is 6.06. The maximum atomic E-state index is 10.6. The monoisotopic (exact) mass is 194 g/mol. The van der Waals surface area contributed by atoms with Crippen LogP contribution >= 0.6 is 0 Å². The molecule has 0 aliphatic heterocycles. The van der Waals surface area contributed by atoms with Crippen molar-refractivity contribution in [2.45, 2.75) is 58.0 Å². The smallest absolute Gasteiger partial charge is 0.0769 e. The molecule has 2 atom stereocenters. The van der Waals surface area contributed by atoms with Gasteiger partial charge < -0.3 is 5.11 Å². The topological polar surface area (TPSA) is 20.2 Å². The summed E-state index contributed by atoms with van der Waals surface area (Å²) in [5.41, 5.74) is 1.14. The van der Waals surface area contributed by atoms with E-state index in [1.807, 2.05) is 0 Å². The Morgan fingerprint density at radius 1 is 1.36 bits per heavy atom. The molecule has 2 rings (SSSR count). The Balaban J connectivity index is 2.19. The summed E-state index contributed by atoms with van der Waals surface area (Å²) in [5, 5.41) is 10.6. The van der Waals surface area contributed by atoms with Gasteiger partial charge in [-0.1, -0.05) is 38.3 Å². The third kappa shape index (κ3) is 1.52. The summed E-state index contributed by atoms with van der Waals surface area (Å²) in [6.45, 7) is 4.31. The number of hydrogen-bond donors (Lipinski definition) is 1. The van der Waals surface area contributed by atoms with E-state index in [2.05, 4.69) is 19.9 Å². The number of aliphatic hydroxyl groups is 1. The van der Waals surface area contributed by atoms with Crippen molar-refractivity contribution in [3.8, 4) is 0 Å². The predicted octanol–water partition coefficient (Wildman–Crippen LogP) is 3.28. The van der Waals surface area contributed by atoms with Crippen LogP contribution in [0.2, 0.25) is 0 Å². The second-order valence-electron chi connectivity index (χ2n) is 5.28. The van der Waals surface area contributed by atoms with E-state index < -0.39 is 5.60 Å². The van der Waals surface area contributed by atoms with Crippen LogP contribution in [-0.2, 0) is 0 Å². The molecule has 1 N–H and O–H groups in total. The first-order chi connectivity index (χ1) is 6.64. The lowest BCUT2D eigenvalue weighted by molar-refractivity contribution is -0.0367. The quantitative estimate of drug-likeness (QED) is 0.635. The van der Waals surface area contributed by atoms with E-state index in [4.69, 9.17) is 0 Å². The lowest BCUT2D eigenvalue weighted by Crippen LogP contribution is -2.40. The molecule has 0 spiro atoms. The minimum atomic E-state index is -0.417. The molecule has 80 valence electrons. The van der Waals surface area contributed by atoms with Gasteiger partial charge in [-0.3, -0.25) is 0 Å². The number of fused-ring (bicyclic) bond motifs is 1. The fourth-order valence-electron chi connectivity index (χ4n) is 3.10. The largest absolute Gasteiger partial charge is 0.389 e. The Labute approximate surface area is 87.2 Å². The minimum Gasteiger partial charge on any atom is -0.389 e. The van der Waals surface area contributed by atoms with Gasteiger partial charge in [0, 0.05) is 5.92 Å². The molecule has 0 aromatic heterocycles. The third-order valence-electron chi connectivity index (χ3n) is 4.20. The van der Waals surface area contributed by atoms with Gasteiger partial charge in [0.15, 0.2) is 0 Å². The molecule has 1 heteroatoms. The van der Waals surface area contributed by atoms with Crippen LogP contribution < -0.4 is 0 Å². The summed E-state index contributed by atoms with van der Waals surface area (Å²) >= 11 is 0. The fourth-order valence-corrected chi connectivity index (χ4v) is 3.10. The van der Waals surface area contributed by atoms with Crippen LogP contribution in [0.1, 0.15) is 52.4 Å². The number of rotatable bonds is 1. The Kier molecular flexibility index (Phi) is 2.70. The zero-order valence-corrected chi connectivity index (χ0v) is 9.42. The molecule has 0 heterocycles. The molecule has 0 saturated heterocycles. The van der Waals surface area contributed by atoms with Crippen molar-refractivity contribution in [2.24, 2.45) is 11.8 Å². The summed E-state index contributed by atoms with van der Waals surface area (Å²) in [5.74, 6) is 0.865. The minimum absolute atomic E-state index is 0.388. The molecule has 0 amide bonds. The van der Waals surface area contributed by atoms with Crippen molar-refractivity contribution >= 4 is 0 Å². The molecular weight excluding hydrogens is 172 g/mol. The Morgan fingerprint density at radius 3 is 2.86 bits per heavy atom. The standard InChI is InChI=1S/C13H22O/c1-10(2)13(14)9-8-11-6-4-3-5-7-12(11)13/h8,10,12,14H,3-7,9H2,1-2H3. The van der Waals surface area contributed by atoms with Crippen LogP contribution in [0.5, 0.6) is 0 Å². The average Bonchev–Trinajstić information content (AvgIpc) is 2.38. The van der Waals surface area contributed by atoms with Crippen molar-refractivity contribution in [3.05, 3.63) is 11.6 Å². The Hall–Kier alpha value is -0.300. The third-order valence-corrected chi connectivity index (χ3v) is 4.20. The van der Waals surface area contributed by atoms with E-state index in [-0.39, 0.29) is 0 Å². The fraction of sp³-hybridized carbons (Fsp3) is 0.846. The first-order valence-electron chi connectivity index (χ1n) is 6.06. The SMILES string of the molecule is CC(C)C1(O)CC=C2CCCCCC21. The zero-order valence-electron chi connectivity index (χ0n) is 9.42. The summed E-state index contributed by atoms with van der Waals surface area (Å²) in [4.78, 5) is 0. The molecule has 2 aliphatic rings. The molecule has 2 unspecified atom stereocenters. The lowest BCUT2D eigenvalue weighted by Gasteiger charge is -2.35. The van der Waals surface area contributed by atoms with Gasteiger partial charge in [0.1, 0.15) is 0 Å². The highest BCUT2D eigenvalue weighted by molar-refractivity contribution is 5.22. The van der Waals surface area contributed by atoms with Crippen LogP contribution in [0.3, 0.4) is 0 Å². The van der Waals surface area contributed by atoms with Crippen LogP contribution in [-0.4, -0.2) is 10.7 Å². The predicted molar refractivity (Wildman–Crippen MR) is 59.1 cm³/mol. The second-order valence-corrected chi connectivity index (χ2v) is 5.28. The highest BCUT2D eigenvalue weighted by Gasteiger charge is 2.44. The molecule has 1 fully saturated rings. The van der Waals surface area contributed by atoms with Gasteiger partial charge in [0.25, 0.3) is 0 Å². The van der Waals surface area contributed by atoms with Gasteiger partial charge in [-0.15, -0.1) is 0 Å². The molecular formula is C13H22O. The van der Waals surface area contributed by atoms with E-state index in [0.29, 0.717) is 11.8 Å². The van der Waals surface area contributed by atoms with E-state index in [1.165, 1.54) is 32.1 Å². The highest BCUT2D eigenvalue weighted by Crippen LogP contribution is 2.46. The molecule has 0 bridgehead atoms. The number of hydrogen-bond acceptors (Lipinski definition) is 1. The van der Waals surface area contributed by atoms with Gasteiger partial charge >= 0.3 is 0 Å². The highest BCUT2D eigenvalue weighted by atomic mass is 16.3. The average molecular weight is 194 g/mol. The van der Waals surface area contributed by atoms with E-state index in [1.54, 1.807) is 5.57 Å². The molecule has 0 aromatic rings. The van der Waals surface area contributed by atoms with Crippen molar-refractivity contribution in [3.63, 3.8) is 0 Å². The summed E-state index contributed by atoms with van der Waals surface area (Å²) in [6, 6.07) is 0. The maximum Gasteiger partial charge on any atom is 0.0769 e. The molecule has 0 aromatic carbocycles. The van der Waals surface area contributed by atoms with Crippen molar-refractivity contribution in [1.29, 1.82) is 0 Å². The zero-order chi connectivity index (χ0) is 10.2. The van der Waals surface area contributed by atoms with Gasteiger partial charge in [0.05, 0.1) is 5.60 Å². The van der Waals surface area contributed by atoms with E-state index in [0.717, 1.165) is 6.42 Å². The van der Waals surface area contributed by atoms with Crippen LogP contribution in [0.4, 0.5) is 0 Å². The van der Waals surface area contributed by atoms with Crippen molar-refractivity contribution in [1.82, 2.24) is 0 Å². The maximum absolute atomic E-state index is 10.6. The Bertz CT molecular complexity index is 242. The molecule has 14 heavy (non-hydrogen) atoms. The van der Waals surface area contributed by atoms with Crippen LogP contribution in [0, 0.1) is 11.8 Å². The second kappa shape index (κ2) is 3.69. The van der Waals surface area contributed by atoms with Gasteiger partial charge in [-0.2, -0.15) is 0 Å². The summed E-state index contributed by atoms with van der Waals surface area (Å²) in [6.07, 6.45) is 9.64. The summed E-state index contributed by atoms with van der Waals surface area (Å²) in [7, 11) is 0. The molecule has 0 radical (unpaired) electrons. The Morgan fingerprint density at radius 2 is 2.14 bits per heavy atom. The van der Waals surface area contributed by atoms with Crippen molar-refractivity contribution < 1.29 is 5.11 Å². The van der Waals surface area contributed by atoms with E-state index >= 15 is 0 Å². The lowest BCUT2D eigenvalue weighted by atomic mass is 9.76. The molecule has 2 aliphatic carbocycles. The van der Waals surface area contributed by atoms with Crippen molar-refractivity contribution in [2.75, 3.05) is 0 Å². The van der Waals surface area contributed by atoms with Gasteiger partial charge in [-0.25, -0.2) is 0 Å². The summed E-state index contributed by atoms with van der Waals surface area (Å²) < 4.78 is 0. The normalized spacial score (nSPS) is 38.0. The molecule has 1 nitrogen and oxygen atoms in total. The van der Waals surface area contributed by atoms with Gasteiger partial charge in [-0.05, 0) is 31.6 Å².